The molecule has 4 nitrogen and oxygen atoms in total. The summed E-state index contributed by atoms with van der Waals surface area (Å²) < 4.78 is 5.34. The molecule has 0 saturated carbocycles. The maximum absolute atomic E-state index is 11.7. The second kappa shape index (κ2) is 4.87. The van der Waals surface area contributed by atoms with Crippen LogP contribution in [0.2, 0.25) is 0 Å². The molecular weight excluding hydrogens is 254 g/mol. The SMILES string of the molecule is Cc1cc(CC2(C(=O)O)CCOC2)c2ccccc2n1. The number of carboxylic acid groups (broad SMARTS) is 1. The molecule has 2 heterocycles. The van der Waals surface area contributed by atoms with Crippen LogP contribution in [0.1, 0.15) is 17.7 Å². The summed E-state index contributed by atoms with van der Waals surface area (Å²) in [5.74, 6) is -0.770. The fourth-order valence-electron chi connectivity index (χ4n) is 2.90. The van der Waals surface area contributed by atoms with Gasteiger partial charge in [-0.25, -0.2) is 0 Å². The third-order valence-electron chi connectivity index (χ3n) is 4.02. The van der Waals surface area contributed by atoms with Gasteiger partial charge in [-0.3, -0.25) is 9.78 Å². The number of carboxylic acids is 1. The van der Waals surface area contributed by atoms with E-state index in [2.05, 4.69) is 4.98 Å². The summed E-state index contributed by atoms with van der Waals surface area (Å²) in [6.45, 7) is 2.75. The molecule has 104 valence electrons. The Labute approximate surface area is 117 Å². The van der Waals surface area contributed by atoms with E-state index in [-0.39, 0.29) is 6.61 Å². The van der Waals surface area contributed by atoms with Gasteiger partial charge < -0.3 is 9.84 Å². The quantitative estimate of drug-likeness (QED) is 0.932. The number of para-hydroxylation sites is 1. The van der Waals surface area contributed by atoms with Crippen LogP contribution in [0.5, 0.6) is 0 Å². The molecule has 20 heavy (non-hydrogen) atoms. The van der Waals surface area contributed by atoms with Crippen LogP contribution in [-0.2, 0) is 16.0 Å². The standard InChI is InChI=1S/C16H17NO3/c1-11-8-12(13-4-2-3-5-14(13)17-11)9-16(15(18)19)6-7-20-10-16/h2-5,8H,6-7,9-10H2,1H3,(H,18,19). The van der Waals surface area contributed by atoms with Gasteiger partial charge in [-0.2, -0.15) is 0 Å². The second-order valence-electron chi connectivity index (χ2n) is 5.50. The number of hydrogen-bond donors (Lipinski definition) is 1. The molecule has 4 heteroatoms. The first-order valence-electron chi connectivity index (χ1n) is 6.77. The van der Waals surface area contributed by atoms with Crippen molar-refractivity contribution in [1.29, 1.82) is 0 Å². The summed E-state index contributed by atoms with van der Waals surface area (Å²) in [6.07, 6.45) is 1.06. The average molecular weight is 271 g/mol. The number of benzene rings is 1. The highest BCUT2D eigenvalue weighted by Gasteiger charge is 2.42. The number of aryl methyl sites for hydroxylation is 1. The summed E-state index contributed by atoms with van der Waals surface area (Å²) in [5.41, 5.74) is 2.08. The summed E-state index contributed by atoms with van der Waals surface area (Å²) in [6, 6.07) is 9.86. The van der Waals surface area contributed by atoms with E-state index in [1.807, 2.05) is 37.3 Å². The molecule has 3 rings (SSSR count). The molecule has 1 aliphatic heterocycles. The van der Waals surface area contributed by atoms with Gasteiger partial charge >= 0.3 is 5.97 Å². The van der Waals surface area contributed by atoms with Crippen molar-refractivity contribution in [3.05, 3.63) is 41.6 Å². The van der Waals surface area contributed by atoms with E-state index in [0.29, 0.717) is 19.4 Å². The minimum absolute atomic E-state index is 0.290. The van der Waals surface area contributed by atoms with Crippen LogP contribution in [-0.4, -0.2) is 29.3 Å². The number of pyridine rings is 1. The van der Waals surface area contributed by atoms with Gasteiger partial charge in [0.1, 0.15) is 0 Å². The number of rotatable bonds is 3. The lowest BCUT2D eigenvalue weighted by Crippen LogP contribution is -2.34. The van der Waals surface area contributed by atoms with E-state index in [1.54, 1.807) is 0 Å². The van der Waals surface area contributed by atoms with Gasteiger partial charge in [-0.05, 0) is 37.5 Å². The molecule has 0 aliphatic carbocycles. The third-order valence-corrected chi connectivity index (χ3v) is 4.02. The van der Waals surface area contributed by atoms with Crippen molar-refractivity contribution in [2.45, 2.75) is 19.8 Å². The molecule has 1 aromatic heterocycles. The van der Waals surface area contributed by atoms with Crippen LogP contribution >= 0.6 is 0 Å². The van der Waals surface area contributed by atoms with E-state index < -0.39 is 11.4 Å². The molecule has 1 N–H and O–H groups in total. The minimum atomic E-state index is -0.795. The highest BCUT2D eigenvalue weighted by molar-refractivity contribution is 5.84. The predicted octanol–water partition coefficient (Wildman–Crippen LogP) is 2.58. The Morgan fingerprint density at radius 2 is 2.25 bits per heavy atom. The van der Waals surface area contributed by atoms with Crippen molar-refractivity contribution in [3.63, 3.8) is 0 Å². The molecule has 2 aromatic rings. The number of fused-ring (bicyclic) bond motifs is 1. The zero-order chi connectivity index (χ0) is 14.2. The van der Waals surface area contributed by atoms with E-state index in [4.69, 9.17) is 4.74 Å². The topological polar surface area (TPSA) is 59.4 Å². The average Bonchev–Trinajstić information content (AvgIpc) is 2.88. The van der Waals surface area contributed by atoms with Crippen molar-refractivity contribution in [3.8, 4) is 0 Å². The van der Waals surface area contributed by atoms with E-state index >= 15 is 0 Å². The monoisotopic (exact) mass is 271 g/mol. The fraction of sp³-hybridized carbons (Fsp3) is 0.375. The molecule has 1 atom stereocenters. The molecule has 1 unspecified atom stereocenters. The molecule has 0 amide bonds. The Kier molecular flexibility index (Phi) is 3.18. The molecule has 1 aromatic carbocycles. The van der Waals surface area contributed by atoms with Crippen molar-refractivity contribution < 1.29 is 14.6 Å². The zero-order valence-corrected chi connectivity index (χ0v) is 11.4. The normalized spacial score (nSPS) is 22.2. The summed E-state index contributed by atoms with van der Waals surface area (Å²) >= 11 is 0. The highest BCUT2D eigenvalue weighted by atomic mass is 16.5. The van der Waals surface area contributed by atoms with Crippen LogP contribution in [0.4, 0.5) is 0 Å². The van der Waals surface area contributed by atoms with Crippen LogP contribution in [0.25, 0.3) is 10.9 Å². The van der Waals surface area contributed by atoms with E-state index in [9.17, 15) is 9.90 Å². The molecular formula is C16H17NO3. The lowest BCUT2D eigenvalue weighted by atomic mass is 9.80. The first kappa shape index (κ1) is 13.1. The first-order chi connectivity index (χ1) is 9.61. The number of ether oxygens (including phenoxy) is 1. The fourth-order valence-corrected chi connectivity index (χ4v) is 2.90. The van der Waals surface area contributed by atoms with Gasteiger partial charge in [0.2, 0.25) is 0 Å². The Morgan fingerprint density at radius 1 is 1.45 bits per heavy atom. The lowest BCUT2D eigenvalue weighted by Gasteiger charge is -2.23. The Morgan fingerprint density at radius 3 is 2.95 bits per heavy atom. The first-order valence-corrected chi connectivity index (χ1v) is 6.77. The maximum Gasteiger partial charge on any atom is 0.312 e. The largest absolute Gasteiger partial charge is 0.481 e. The maximum atomic E-state index is 11.7. The highest BCUT2D eigenvalue weighted by Crippen LogP contribution is 2.35. The van der Waals surface area contributed by atoms with Gasteiger partial charge in [-0.15, -0.1) is 0 Å². The number of nitrogens with zero attached hydrogens (tertiary/aromatic N) is 1. The summed E-state index contributed by atoms with van der Waals surface area (Å²) in [5, 5.41) is 10.6. The Balaban J connectivity index is 2.08. The van der Waals surface area contributed by atoms with Crippen molar-refractivity contribution in [2.24, 2.45) is 5.41 Å². The van der Waals surface area contributed by atoms with E-state index in [0.717, 1.165) is 22.2 Å². The zero-order valence-electron chi connectivity index (χ0n) is 11.4. The lowest BCUT2D eigenvalue weighted by molar-refractivity contribution is -0.148. The molecule has 1 aliphatic rings. The molecule has 0 radical (unpaired) electrons. The molecule has 0 spiro atoms. The number of aliphatic carboxylic acids is 1. The number of aromatic nitrogens is 1. The predicted molar refractivity (Wildman–Crippen MR) is 75.7 cm³/mol. The summed E-state index contributed by atoms with van der Waals surface area (Å²) in [7, 11) is 0. The third kappa shape index (κ3) is 2.16. The molecule has 1 fully saturated rings. The van der Waals surface area contributed by atoms with Crippen molar-refractivity contribution in [2.75, 3.05) is 13.2 Å². The summed E-state index contributed by atoms with van der Waals surface area (Å²) in [4.78, 5) is 16.2. The van der Waals surface area contributed by atoms with Gasteiger partial charge in [-0.1, -0.05) is 18.2 Å². The molecule has 1 saturated heterocycles. The Hall–Kier alpha value is -1.94. The van der Waals surface area contributed by atoms with E-state index in [1.165, 1.54) is 0 Å². The van der Waals surface area contributed by atoms with Gasteiger partial charge in [0.25, 0.3) is 0 Å². The molecule has 0 bridgehead atoms. The van der Waals surface area contributed by atoms with Crippen molar-refractivity contribution in [1.82, 2.24) is 4.98 Å². The smallest absolute Gasteiger partial charge is 0.312 e. The van der Waals surface area contributed by atoms with Gasteiger partial charge in [0, 0.05) is 17.7 Å². The minimum Gasteiger partial charge on any atom is -0.481 e. The van der Waals surface area contributed by atoms with Gasteiger partial charge in [0.15, 0.2) is 0 Å². The van der Waals surface area contributed by atoms with Crippen LogP contribution in [0.15, 0.2) is 30.3 Å². The van der Waals surface area contributed by atoms with Crippen molar-refractivity contribution >= 4 is 16.9 Å². The van der Waals surface area contributed by atoms with Crippen LogP contribution in [0.3, 0.4) is 0 Å². The van der Waals surface area contributed by atoms with Crippen LogP contribution in [0, 0.1) is 12.3 Å². The Bertz CT molecular complexity index is 660. The second-order valence-corrected chi connectivity index (χ2v) is 5.50. The van der Waals surface area contributed by atoms with Gasteiger partial charge in [0.05, 0.1) is 17.5 Å². The van der Waals surface area contributed by atoms with Crippen LogP contribution < -0.4 is 0 Å². The number of carbonyl (C=O) groups is 1. The number of hydrogen-bond acceptors (Lipinski definition) is 3.